The van der Waals surface area contributed by atoms with Crippen LogP contribution in [0.4, 0.5) is 0 Å². The number of sulfonamides is 1. The molecular weight excluding hydrogens is 358 g/mol. The summed E-state index contributed by atoms with van der Waals surface area (Å²) < 4.78 is 33.4. The normalized spacial score (nSPS) is 24.2. The van der Waals surface area contributed by atoms with E-state index in [9.17, 15) is 8.42 Å². The molecule has 7 heteroatoms. The molecule has 1 aromatic rings. The zero-order valence-corrected chi connectivity index (χ0v) is 14.5. The van der Waals surface area contributed by atoms with Gasteiger partial charge in [-0.25, -0.2) is 8.42 Å². The summed E-state index contributed by atoms with van der Waals surface area (Å²) in [7, 11) is -3.59. The van der Waals surface area contributed by atoms with E-state index in [1.807, 2.05) is 13.8 Å². The molecule has 2 unspecified atom stereocenters. The fourth-order valence-corrected chi connectivity index (χ4v) is 5.25. The molecule has 1 aliphatic heterocycles. The van der Waals surface area contributed by atoms with Crippen molar-refractivity contribution in [3.8, 4) is 0 Å². The molecule has 0 radical (unpaired) electrons. The largest absolute Gasteiger partial charge is 0.392 e. The van der Waals surface area contributed by atoms with Gasteiger partial charge in [-0.15, -0.1) is 0 Å². The molecule has 5 nitrogen and oxygen atoms in total. The predicted molar refractivity (Wildman–Crippen MR) is 83.4 cm³/mol. The Kier molecular flexibility index (Phi) is 5.43. The summed E-state index contributed by atoms with van der Waals surface area (Å²) in [6.45, 7) is 4.48. The Morgan fingerprint density at radius 2 is 2.19 bits per heavy atom. The average molecular weight is 378 g/mol. The van der Waals surface area contributed by atoms with Gasteiger partial charge in [-0.3, -0.25) is 0 Å². The van der Waals surface area contributed by atoms with Crippen LogP contribution in [0.2, 0.25) is 0 Å². The molecule has 1 fully saturated rings. The van der Waals surface area contributed by atoms with Gasteiger partial charge in [0.25, 0.3) is 0 Å². The van der Waals surface area contributed by atoms with Crippen LogP contribution in [0, 0.1) is 0 Å². The molecule has 0 amide bonds. The molecule has 0 aliphatic carbocycles. The topological polar surface area (TPSA) is 66.8 Å². The zero-order chi connectivity index (χ0) is 15.6. The molecule has 0 spiro atoms. The van der Waals surface area contributed by atoms with E-state index in [2.05, 4.69) is 15.9 Å². The van der Waals surface area contributed by atoms with Gasteiger partial charge in [-0.2, -0.15) is 4.31 Å². The number of aliphatic hydroxyl groups is 1. The van der Waals surface area contributed by atoms with Crippen LogP contribution in [0.5, 0.6) is 0 Å². The van der Waals surface area contributed by atoms with E-state index in [-0.39, 0.29) is 23.6 Å². The lowest BCUT2D eigenvalue weighted by Gasteiger charge is -2.37. The van der Waals surface area contributed by atoms with Gasteiger partial charge in [0.05, 0.1) is 24.2 Å². The van der Waals surface area contributed by atoms with E-state index in [1.54, 1.807) is 12.1 Å². The van der Waals surface area contributed by atoms with Gasteiger partial charge in [0.2, 0.25) is 10.0 Å². The van der Waals surface area contributed by atoms with E-state index >= 15 is 0 Å². The molecule has 0 aromatic heterocycles. The lowest BCUT2D eigenvalue weighted by Crippen LogP contribution is -2.51. The molecule has 21 heavy (non-hydrogen) atoms. The minimum Gasteiger partial charge on any atom is -0.392 e. The summed E-state index contributed by atoms with van der Waals surface area (Å²) in [5.41, 5.74) is 0.670. The molecule has 1 aromatic carbocycles. The second kappa shape index (κ2) is 6.75. The maximum absolute atomic E-state index is 12.9. The quantitative estimate of drug-likeness (QED) is 0.872. The predicted octanol–water partition coefficient (Wildman–Crippen LogP) is 2.13. The van der Waals surface area contributed by atoms with Crippen molar-refractivity contribution < 1.29 is 18.3 Å². The second-order valence-corrected chi connectivity index (χ2v) is 7.92. The third-order valence-electron chi connectivity index (χ3n) is 3.65. The fraction of sp³-hybridized carbons (Fsp3) is 0.571. The number of hydrogen-bond donors (Lipinski definition) is 1. The maximum Gasteiger partial charge on any atom is 0.244 e. The minimum absolute atomic E-state index is 0.113. The molecule has 2 atom stereocenters. The first-order valence-electron chi connectivity index (χ1n) is 6.92. The van der Waals surface area contributed by atoms with Crippen molar-refractivity contribution in [2.75, 3.05) is 13.2 Å². The van der Waals surface area contributed by atoms with E-state index in [0.29, 0.717) is 29.6 Å². The first-order chi connectivity index (χ1) is 9.90. The van der Waals surface area contributed by atoms with Crippen LogP contribution in [0.1, 0.15) is 25.8 Å². The summed E-state index contributed by atoms with van der Waals surface area (Å²) in [5, 5.41) is 9.12. The van der Waals surface area contributed by atoms with Crippen LogP contribution in [0.3, 0.4) is 0 Å². The van der Waals surface area contributed by atoms with E-state index in [1.165, 1.54) is 10.4 Å². The van der Waals surface area contributed by atoms with Crippen molar-refractivity contribution >= 4 is 26.0 Å². The van der Waals surface area contributed by atoms with Crippen LogP contribution in [0.25, 0.3) is 0 Å². The van der Waals surface area contributed by atoms with Crippen LogP contribution >= 0.6 is 15.9 Å². The first-order valence-corrected chi connectivity index (χ1v) is 9.16. The number of rotatable bonds is 4. The van der Waals surface area contributed by atoms with Gasteiger partial charge < -0.3 is 9.84 Å². The van der Waals surface area contributed by atoms with Crippen LogP contribution in [-0.4, -0.2) is 43.1 Å². The average Bonchev–Trinajstić information content (AvgIpc) is 2.46. The van der Waals surface area contributed by atoms with E-state index < -0.39 is 10.0 Å². The van der Waals surface area contributed by atoms with Crippen molar-refractivity contribution in [2.45, 2.75) is 43.9 Å². The highest BCUT2D eigenvalue weighted by Crippen LogP contribution is 2.29. The van der Waals surface area contributed by atoms with E-state index in [0.717, 1.165) is 0 Å². The summed E-state index contributed by atoms with van der Waals surface area (Å²) in [6, 6.07) is 4.66. The molecule has 1 heterocycles. The second-order valence-electron chi connectivity index (χ2n) is 5.20. The van der Waals surface area contributed by atoms with Gasteiger partial charge in [-0.1, -0.05) is 13.0 Å². The lowest BCUT2D eigenvalue weighted by molar-refractivity contribution is -0.0230. The number of ether oxygens (including phenoxy) is 1. The van der Waals surface area contributed by atoms with Crippen molar-refractivity contribution in [2.24, 2.45) is 0 Å². The summed E-state index contributed by atoms with van der Waals surface area (Å²) >= 11 is 3.30. The third-order valence-corrected chi connectivity index (χ3v) is 6.55. The molecule has 118 valence electrons. The summed E-state index contributed by atoms with van der Waals surface area (Å²) in [6.07, 6.45) is 0.594. The highest BCUT2D eigenvalue weighted by Gasteiger charge is 2.36. The van der Waals surface area contributed by atoms with Gasteiger partial charge in [0.1, 0.15) is 0 Å². The van der Waals surface area contributed by atoms with Crippen LogP contribution in [0.15, 0.2) is 27.6 Å². The van der Waals surface area contributed by atoms with Gasteiger partial charge in [0.15, 0.2) is 0 Å². The minimum atomic E-state index is -3.59. The Hall–Kier alpha value is -0.470. The number of morpholine rings is 1. The standard InChI is InChI=1S/C14H20BrNO4S/c1-3-12-9-20-10(2)7-16(12)21(18,19)14-5-4-11(8-17)6-13(14)15/h4-6,10,12,17H,3,7-9H2,1-2H3. The molecule has 0 saturated carbocycles. The molecule has 1 N–H and O–H groups in total. The van der Waals surface area contributed by atoms with Gasteiger partial charge in [0, 0.05) is 17.1 Å². The third kappa shape index (κ3) is 3.48. The Morgan fingerprint density at radius 1 is 1.48 bits per heavy atom. The Labute approximate surface area is 134 Å². The monoisotopic (exact) mass is 377 g/mol. The Bertz CT molecular complexity index is 605. The molecule has 1 aliphatic rings. The molecular formula is C14H20BrNO4S. The number of aliphatic hydroxyl groups excluding tert-OH is 1. The first kappa shape index (κ1) is 16.9. The summed E-state index contributed by atoms with van der Waals surface area (Å²) in [4.78, 5) is 0.229. The molecule has 1 saturated heterocycles. The smallest absolute Gasteiger partial charge is 0.244 e. The van der Waals surface area contributed by atoms with Crippen LogP contribution < -0.4 is 0 Å². The maximum atomic E-state index is 12.9. The van der Waals surface area contributed by atoms with Gasteiger partial charge >= 0.3 is 0 Å². The SMILES string of the molecule is CCC1COC(C)CN1S(=O)(=O)c1ccc(CO)cc1Br. The Morgan fingerprint density at radius 3 is 2.76 bits per heavy atom. The number of benzene rings is 1. The van der Waals surface area contributed by atoms with Gasteiger partial charge in [-0.05, 0) is 47.0 Å². The highest BCUT2D eigenvalue weighted by molar-refractivity contribution is 9.10. The Balaban J connectivity index is 2.40. The molecule has 0 bridgehead atoms. The van der Waals surface area contributed by atoms with Crippen molar-refractivity contribution in [3.63, 3.8) is 0 Å². The zero-order valence-electron chi connectivity index (χ0n) is 12.1. The van der Waals surface area contributed by atoms with Crippen molar-refractivity contribution in [3.05, 3.63) is 28.2 Å². The number of nitrogens with zero attached hydrogens (tertiary/aromatic N) is 1. The fourth-order valence-electron chi connectivity index (χ4n) is 2.41. The van der Waals surface area contributed by atoms with Crippen LogP contribution in [-0.2, 0) is 21.4 Å². The van der Waals surface area contributed by atoms with Crippen molar-refractivity contribution in [1.82, 2.24) is 4.31 Å². The lowest BCUT2D eigenvalue weighted by atomic mass is 10.2. The molecule has 2 rings (SSSR count). The van der Waals surface area contributed by atoms with Crippen molar-refractivity contribution in [1.29, 1.82) is 0 Å². The number of hydrogen-bond acceptors (Lipinski definition) is 4. The number of halogens is 1. The summed E-state index contributed by atoms with van der Waals surface area (Å²) in [5.74, 6) is 0. The van der Waals surface area contributed by atoms with E-state index in [4.69, 9.17) is 9.84 Å². The highest BCUT2D eigenvalue weighted by atomic mass is 79.9.